The van der Waals surface area contributed by atoms with Crippen molar-refractivity contribution < 1.29 is 4.48 Å². The molecule has 0 aliphatic carbocycles. The van der Waals surface area contributed by atoms with Crippen LogP contribution in [-0.2, 0) is 0 Å². The number of alkyl halides is 1. The van der Waals surface area contributed by atoms with Gasteiger partial charge in [-0.25, -0.2) is 0 Å². The molecule has 0 bridgehead atoms. The molecule has 0 atom stereocenters. The van der Waals surface area contributed by atoms with Crippen molar-refractivity contribution in [2.24, 2.45) is 0 Å². The van der Waals surface area contributed by atoms with Gasteiger partial charge in [0.15, 0.2) is 0 Å². The maximum Gasteiger partial charge on any atom is 0.0713 e. The van der Waals surface area contributed by atoms with Crippen molar-refractivity contribution in [3.63, 3.8) is 0 Å². The SMILES string of the molecule is FNCCNCCl. The number of hydrogen-bond donors (Lipinski definition) is 2. The van der Waals surface area contributed by atoms with E-state index in [2.05, 4.69) is 5.32 Å². The van der Waals surface area contributed by atoms with Crippen LogP contribution in [0.5, 0.6) is 0 Å². The van der Waals surface area contributed by atoms with E-state index < -0.39 is 0 Å². The highest BCUT2D eigenvalue weighted by Gasteiger charge is 1.79. The normalized spacial score (nSPS) is 9.43. The van der Waals surface area contributed by atoms with Crippen molar-refractivity contribution in [1.29, 1.82) is 0 Å². The molecule has 2 N–H and O–H groups in total. The molecule has 0 aromatic heterocycles. The summed E-state index contributed by atoms with van der Waals surface area (Å²) in [6.07, 6.45) is 0. The first-order valence-electron chi connectivity index (χ1n) is 2.02. The van der Waals surface area contributed by atoms with Gasteiger partial charge in [0, 0.05) is 13.1 Å². The maximum atomic E-state index is 11.0. The number of hydrogen-bond acceptors (Lipinski definition) is 2. The summed E-state index contributed by atoms with van der Waals surface area (Å²) < 4.78 is 11.0. The van der Waals surface area contributed by atoms with Crippen LogP contribution >= 0.6 is 11.6 Å². The van der Waals surface area contributed by atoms with E-state index in [0.717, 1.165) is 0 Å². The van der Waals surface area contributed by atoms with Gasteiger partial charge in [0.1, 0.15) is 0 Å². The molecule has 0 saturated carbocycles. The Hall–Kier alpha value is 0.140. The Balaban J connectivity index is 2.45. The molecule has 0 radical (unpaired) electrons. The van der Waals surface area contributed by atoms with Crippen LogP contribution in [0, 0.1) is 0 Å². The third kappa shape index (κ3) is 6.14. The molecule has 0 fully saturated rings. The molecule has 2 nitrogen and oxygen atoms in total. The lowest BCUT2D eigenvalue weighted by Crippen LogP contribution is -2.21. The Labute approximate surface area is 47.0 Å². The second-order valence-electron chi connectivity index (χ2n) is 1.02. The lowest BCUT2D eigenvalue weighted by atomic mass is 10.7. The first kappa shape index (κ1) is 7.14. The van der Waals surface area contributed by atoms with E-state index in [0.29, 0.717) is 19.1 Å². The van der Waals surface area contributed by atoms with Gasteiger partial charge in [-0.3, -0.25) is 0 Å². The fourth-order valence-corrected chi connectivity index (χ4v) is 0.336. The summed E-state index contributed by atoms with van der Waals surface area (Å²) in [6.45, 7) is 0.882. The zero-order valence-corrected chi connectivity index (χ0v) is 4.63. The van der Waals surface area contributed by atoms with Crippen LogP contribution in [0.1, 0.15) is 0 Å². The monoisotopic (exact) mass is 126 g/mol. The summed E-state index contributed by atoms with van der Waals surface area (Å²) in [4.78, 5) is 0. The van der Waals surface area contributed by atoms with Crippen molar-refractivity contribution in [2.75, 3.05) is 19.1 Å². The van der Waals surface area contributed by atoms with Crippen molar-refractivity contribution in [2.45, 2.75) is 0 Å². The molecule has 0 heterocycles. The summed E-state index contributed by atoms with van der Waals surface area (Å²) in [5.74, 6) is 0. The Morgan fingerprint density at radius 3 is 2.57 bits per heavy atom. The van der Waals surface area contributed by atoms with Gasteiger partial charge >= 0.3 is 0 Å². The largest absolute Gasteiger partial charge is 0.302 e. The third-order valence-corrected chi connectivity index (χ3v) is 0.680. The summed E-state index contributed by atoms with van der Waals surface area (Å²) in [5.41, 5.74) is 1.48. The van der Waals surface area contributed by atoms with Crippen LogP contribution in [-0.4, -0.2) is 19.1 Å². The Morgan fingerprint density at radius 1 is 1.43 bits per heavy atom. The molecule has 0 saturated heterocycles. The first-order valence-corrected chi connectivity index (χ1v) is 2.55. The molecule has 7 heavy (non-hydrogen) atoms. The van der Waals surface area contributed by atoms with E-state index in [1.54, 1.807) is 0 Å². The highest BCUT2D eigenvalue weighted by molar-refractivity contribution is 6.17. The lowest BCUT2D eigenvalue weighted by molar-refractivity contribution is 0.335. The minimum absolute atomic E-state index is 0.312. The van der Waals surface area contributed by atoms with Crippen LogP contribution in [0.2, 0.25) is 0 Å². The fraction of sp³-hybridized carbons (Fsp3) is 1.00. The Bertz CT molecular complexity index is 32.1. The molecule has 0 aromatic rings. The average molecular weight is 127 g/mol. The molecule has 44 valence electrons. The standard InChI is InChI=1S/C3H8ClFN2/c4-3-6-1-2-7-5/h6-7H,1-3H2. The number of nitrogens with one attached hydrogen (secondary N) is 2. The van der Waals surface area contributed by atoms with E-state index in [4.69, 9.17) is 11.6 Å². The van der Waals surface area contributed by atoms with Gasteiger partial charge in [-0.2, -0.15) is 5.54 Å². The highest BCUT2D eigenvalue weighted by Crippen LogP contribution is 1.63. The van der Waals surface area contributed by atoms with E-state index in [1.165, 1.54) is 5.54 Å². The quantitative estimate of drug-likeness (QED) is 0.244. The highest BCUT2D eigenvalue weighted by atomic mass is 35.5. The minimum atomic E-state index is 0.312. The fourth-order valence-electron chi connectivity index (χ4n) is 0.202. The molecule has 0 aliphatic heterocycles. The van der Waals surface area contributed by atoms with E-state index in [1.807, 2.05) is 0 Å². The molecule has 0 aromatic carbocycles. The zero-order chi connectivity index (χ0) is 5.54. The van der Waals surface area contributed by atoms with Crippen molar-refractivity contribution in [3.8, 4) is 0 Å². The minimum Gasteiger partial charge on any atom is -0.302 e. The van der Waals surface area contributed by atoms with Gasteiger partial charge in [0.25, 0.3) is 0 Å². The van der Waals surface area contributed by atoms with Crippen molar-refractivity contribution >= 4 is 11.6 Å². The summed E-state index contributed by atoms with van der Waals surface area (Å²) in [6, 6.07) is 0.377. The smallest absolute Gasteiger partial charge is 0.0713 e. The predicted octanol–water partition coefficient (Wildman–Crippen LogP) is 0.246. The lowest BCUT2D eigenvalue weighted by Gasteiger charge is -1.93. The summed E-state index contributed by atoms with van der Waals surface area (Å²) in [7, 11) is 0. The van der Waals surface area contributed by atoms with Gasteiger partial charge in [0.2, 0.25) is 0 Å². The zero-order valence-electron chi connectivity index (χ0n) is 3.88. The molecule has 0 aliphatic rings. The van der Waals surface area contributed by atoms with E-state index >= 15 is 0 Å². The number of rotatable bonds is 4. The van der Waals surface area contributed by atoms with Crippen LogP contribution in [0.4, 0.5) is 4.48 Å². The van der Waals surface area contributed by atoms with E-state index in [-0.39, 0.29) is 0 Å². The summed E-state index contributed by atoms with van der Waals surface area (Å²) in [5, 5.41) is 2.71. The third-order valence-electron chi connectivity index (χ3n) is 0.491. The van der Waals surface area contributed by atoms with Crippen LogP contribution in [0.25, 0.3) is 0 Å². The summed E-state index contributed by atoms with van der Waals surface area (Å²) >= 11 is 5.18. The van der Waals surface area contributed by atoms with Crippen LogP contribution in [0.15, 0.2) is 0 Å². The second-order valence-corrected chi connectivity index (χ2v) is 1.28. The Morgan fingerprint density at radius 2 is 2.14 bits per heavy atom. The van der Waals surface area contributed by atoms with Crippen molar-refractivity contribution in [1.82, 2.24) is 10.9 Å². The van der Waals surface area contributed by atoms with Gasteiger partial charge in [-0.15, -0.1) is 16.1 Å². The van der Waals surface area contributed by atoms with Crippen LogP contribution < -0.4 is 10.9 Å². The van der Waals surface area contributed by atoms with Crippen molar-refractivity contribution in [3.05, 3.63) is 0 Å². The number of halogens is 2. The van der Waals surface area contributed by atoms with Gasteiger partial charge in [-0.1, -0.05) is 0 Å². The molecule has 0 amide bonds. The molecule has 0 spiro atoms. The molecule has 4 heteroatoms. The topological polar surface area (TPSA) is 24.1 Å². The molecule has 0 rings (SSSR count). The molecule has 0 unspecified atom stereocenters. The molecular formula is C3H8ClFN2. The van der Waals surface area contributed by atoms with Crippen LogP contribution in [0.3, 0.4) is 0 Å². The average Bonchev–Trinajstić information content (AvgIpc) is 1.69. The maximum absolute atomic E-state index is 11.0. The molecular weight excluding hydrogens is 118 g/mol. The Kier molecular flexibility index (Phi) is 6.26. The van der Waals surface area contributed by atoms with E-state index in [9.17, 15) is 4.48 Å². The predicted molar refractivity (Wildman–Crippen MR) is 27.8 cm³/mol. The van der Waals surface area contributed by atoms with Gasteiger partial charge in [-0.05, 0) is 0 Å². The second kappa shape index (κ2) is 6.14. The first-order chi connectivity index (χ1) is 3.41. The van der Waals surface area contributed by atoms with Gasteiger partial charge in [0.05, 0.1) is 6.00 Å². The van der Waals surface area contributed by atoms with Gasteiger partial charge < -0.3 is 5.32 Å².